The average Bonchev–Trinajstić information content (AvgIpc) is 3.17. The number of benzene rings is 1. The van der Waals surface area contributed by atoms with E-state index in [0.717, 1.165) is 5.92 Å². The Balaban J connectivity index is 1.49. The summed E-state index contributed by atoms with van der Waals surface area (Å²) in [6.45, 7) is 0. The van der Waals surface area contributed by atoms with Crippen LogP contribution in [-0.4, -0.2) is 21.5 Å². The standard InChI is InChI=1S/C17H17N2S2/c1-2-6-17-16(5-1)14(9-19-17)8-13-11-20-21(12-13)15-4-3-7-18-10-15/h1-7,9-10,13,19H,8,11-12H2/q+1. The molecular weight excluding hydrogens is 296 g/mol. The topological polar surface area (TPSA) is 28.7 Å². The van der Waals surface area contributed by atoms with Crippen molar-refractivity contribution < 1.29 is 0 Å². The van der Waals surface area contributed by atoms with Crippen LogP contribution in [0.4, 0.5) is 0 Å². The quantitative estimate of drug-likeness (QED) is 0.583. The number of para-hydroxylation sites is 1. The molecule has 0 aliphatic carbocycles. The van der Waals surface area contributed by atoms with Crippen molar-refractivity contribution in [2.45, 2.75) is 11.3 Å². The minimum atomic E-state index is 0.328. The molecule has 2 nitrogen and oxygen atoms in total. The van der Waals surface area contributed by atoms with Crippen LogP contribution in [-0.2, 0) is 16.3 Å². The Kier molecular flexibility index (Phi) is 3.65. The molecule has 1 aromatic carbocycles. The van der Waals surface area contributed by atoms with Gasteiger partial charge in [-0.3, -0.25) is 4.98 Å². The van der Waals surface area contributed by atoms with Gasteiger partial charge in [0, 0.05) is 29.2 Å². The Morgan fingerprint density at radius 3 is 3.10 bits per heavy atom. The summed E-state index contributed by atoms with van der Waals surface area (Å²) in [6, 6.07) is 12.9. The normalized spacial score (nSPS) is 21.9. The largest absolute Gasteiger partial charge is 0.361 e. The van der Waals surface area contributed by atoms with Gasteiger partial charge in [0.05, 0.1) is 32.7 Å². The molecule has 2 atom stereocenters. The first-order chi connectivity index (χ1) is 10.4. The van der Waals surface area contributed by atoms with Gasteiger partial charge in [-0.15, -0.1) is 0 Å². The summed E-state index contributed by atoms with van der Waals surface area (Å²) in [5.41, 5.74) is 2.72. The third kappa shape index (κ3) is 2.70. The molecule has 1 aliphatic heterocycles. The van der Waals surface area contributed by atoms with E-state index in [0.29, 0.717) is 9.93 Å². The number of fused-ring (bicyclic) bond motifs is 1. The van der Waals surface area contributed by atoms with Crippen LogP contribution >= 0.6 is 10.8 Å². The number of nitrogens with zero attached hydrogens (tertiary/aromatic N) is 1. The zero-order chi connectivity index (χ0) is 14.1. The van der Waals surface area contributed by atoms with Crippen LogP contribution in [0.1, 0.15) is 5.56 Å². The molecule has 106 valence electrons. The summed E-state index contributed by atoms with van der Waals surface area (Å²) in [7, 11) is 2.44. The van der Waals surface area contributed by atoms with E-state index in [1.807, 2.05) is 12.4 Å². The van der Waals surface area contributed by atoms with Gasteiger partial charge >= 0.3 is 0 Å². The van der Waals surface area contributed by atoms with E-state index >= 15 is 0 Å². The number of hydrogen-bond donors (Lipinski definition) is 1. The molecule has 4 rings (SSSR count). The molecule has 3 aromatic rings. The van der Waals surface area contributed by atoms with Crippen molar-refractivity contribution >= 4 is 31.6 Å². The third-order valence-corrected chi connectivity index (χ3v) is 8.59. The number of H-pyrrole nitrogens is 1. The van der Waals surface area contributed by atoms with E-state index in [-0.39, 0.29) is 0 Å². The van der Waals surface area contributed by atoms with Crippen LogP contribution in [0.2, 0.25) is 0 Å². The van der Waals surface area contributed by atoms with Crippen molar-refractivity contribution in [2.24, 2.45) is 5.92 Å². The fourth-order valence-corrected chi connectivity index (χ4v) is 7.74. The first kappa shape index (κ1) is 13.3. The highest BCUT2D eigenvalue weighted by Crippen LogP contribution is 2.38. The fraction of sp³-hybridized carbons (Fsp3) is 0.235. The summed E-state index contributed by atoms with van der Waals surface area (Å²) < 4.78 is 0. The van der Waals surface area contributed by atoms with E-state index in [4.69, 9.17) is 0 Å². The lowest BCUT2D eigenvalue weighted by molar-refractivity contribution is 0.679. The molecule has 1 fully saturated rings. The van der Waals surface area contributed by atoms with Gasteiger partial charge in [-0.05, 0) is 30.2 Å². The number of aromatic amines is 1. The van der Waals surface area contributed by atoms with Crippen molar-refractivity contribution in [2.75, 3.05) is 11.5 Å². The Morgan fingerprint density at radius 1 is 1.24 bits per heavy atom. The zero-order valence-electron chi connectivity index (χ0n) is 11.7. The van der Waals surface area contributed by atoms with Gasteiger partial charge in [0.1, 0.15) is 5.75 Å². The van der Waals surface area contributed by atoms with Crippen molar-refractivity contribution in [1.82, 2.24) is 9.97 Å². The highest BCUT2D eigenvalue weighted by Gasteiger charge is 2.37. The summed E-state index contributed by atoms with van der Waals surface area (Å²) in [5.74, 6) is 3.32. The van der Waals surface area contributed by atoms with E-state index in [9.17, 15) is 0 Å². The van der Waals surface area contributed by atoms with Gasteiger partial charge in [0.25, 0.3) is 0 Å². The molecule has 1 aliphatic rings. The maximum absolute atomic E-state index is 4.26. The highest BCUT2D eigenvalue weighted by atomic mass is 33.1. The van der Waals surface area contributed by atoms with Crippen LogP contribution in [0.3, 0.4) is 0 Å². The number of rotatable bonds is 3. The zero-order valence-corrected chi connectivity index (χ0v) is 13.3. The molecule has 1 N–H and O–H groups in total. The molecule has 2 aromatic heterocycles. The van der Waals surface area contributed by atoms with Crippen LogP contribution < -0.4 is 0 Å². The van der Waals surface area contributed by atoms with Crippen molar-refractivity contribution in [3.05, 3.63) is 60.6 Å². The van der Waals surface area contributed by atoms with Crippen molar-refractivity contribution in [1.29, 1.82) is 0 Å². The number of aromatic nitrogens is 2. The fourth-order valence-electron chi connectivity index (χ4n) is 2.86. The summed E-state index contributed by atoms with van der Waals surface area (Å²) in [5, 5.41) is 1.38. The third-order valence-electron chi connectivity index (χ3n) is 3.91. The lowest BCUT2D eigenvalue weighted by Crippen LogP contribution is -2.09. The van der Waals surface area contributed by atoms with Gasteiger partial charge in [0.2, 0.25) is 0 Å². The molecule has 3 heterocycles. The van der Waals surface area contributed by atoms with Gasteiger partial charge in [-0.25, -0.2) is 0 Å². The number of pyridine rings is 1. The molecule has 21 heavy (non-hydrogen) atoms. The van der Waals surface area contributed by atoms with Gasteiger partial charge in [-0.2, -0.15) is 0 Å². The summed E-state index contributed by atoms with van der Waals surface area (Å²) >= 11 is 0. The molecule has 1 saturated heterocycles. The maximum atomic E-state index is 4.26. The number of hydrogen-bond acceptors (Lipinski definition) is 2. The van der Waals surface area contributed by atoms with Gasteiger partial charge in [0.15, 0.2) is 4.90 Å². The molecule has 0 spiro atoms. The first-order valence-corrected chi connectivity index (χ1v) is 10.1. The van der Waals surface area contributed by atoms with Gasteiger partial charge < -0.3 is 4.98 Å². The van der Waals surface area contributed by atoms with Crippen LogP contribution in [0.25, 0.3) is 10.9 Å². The number of nitrogens with one attached hydrogen (secondary N) is 1. The minimum Gasteiger partial charge on any atom is -0.361 e. The second-order valence-electron chi connectivity index (χ2n) is 5.42. The molecule has 2 unspecified atom stereocenters. The second kappa shape index (κ2) is 5.78. The van der Waals surface area contributed by atoms with E-state index < -0.39 is 0 Å². The molecule has 0 bridgehead atoms. The maximum Gasteiger partial charge on any atom is 0.186 e. The Morgan fingerprint density at radius 2 is 2.19 bits per heavy atom. The second-order valence-corrected chi connectivity index (χ2v) is 9.39. The van der Waals surface area contributed by atoms with Crippen LogP contribution in [0, 0.1) is 5.92 Å². The van der Waals surface area contributed by atoms with Crippen molar-refractivity contribution in [3.8, 4) is 0 Å². The van der Waals surface area contributed by atoms with Crippen molar-refractivity contribution in [3.63, 3.8) is 0 Å². The molecular formula is C17H17N2S2+. The predicted octanol–water partition coefficient (Wildman–Crippen LogP) is 4.06. The molecule has 0 saturated carbocycles. The minimum absolute atomic E-state index is 0.328. The smallest absolute Gasteiger partial charge is 0.186 e. The Labute approximate surface area is 131 Å². The Hall–Kier alpha value is -1.39. The lowest BCUT2D eigenvalue weighted by atomic mass is 10.0. The average molecular weight is 313 g/mol. The molecule has 0 amide bonds. The first-order valence-electron chi connectivity index (χ1n) is 7.19. The SMILES string of the molecule is c1cncc([S+]2CC(Cc3c[nH]c4ccccc34)CS2)c1. The monoisotopic (exact) mass is 313 g/mol. The lowest BCUT2D eigenvalue weighted by Gasteiger charge is -2.04. The van der Waals surface area contributed by atoms with E-state index in [2.05, 4.69) is 63.4 Å². The summed E-state index contributed by atoms with van der Waals surface area (Å²) in [4.78, 5) is 9.06. The summed E-state index contributed by atoms with van der Waals surface area (Å²) in [6.07, 6.45) is 7.26. The molecule has 0 radical (unpaired) electrons. The molecule has 4 heteroatoms. The van der Waals surface area contributed by atoms with Crippen LogP contribution in [0.15, 0.2) is 59.9 Å². The predicted molar refractivity (Wildman–Crippen MR) is 92.7 cm³/mol. The van der Waals surface area contributed by atoms with E-state index in [1.54, 1.807) is 0 Å². The highest BCUT2D eigenvalue weighted by molar-refractivity contribution is 8.74. The Bertz CT molecular complexity index is 739. The van der Waals surface area contributed by atoms with Gasteiger partial charge in [-0.1, -0.05) is 18.2 Å². The van der Waals surface area contributed by atoms with Crippen LogP contribution in [0.5, 0.6) is 0 Å². The van der Waals surface area contributed by atoms with E-state index in [1.165, 1.54) is 39.3 Å².